The number of nitrogens with zero attached hydrogens (tertiary/aromatic N) is 1. The lowest BCUT2D eigenvalue weighted by Crippen LogP contribution is -2.41. The molecule has 0 atom stereocenters. The van der Waals surface area contributed by atoms with Gasteiger partial charge in [-0.3, -0.25) is 9.59 Å². The molecule has 6 heteroatoms. The number of ether oxygens (including phenoxy) is 1. The van der Waals surface area contributed by atoms with E-state index in [1.165, 1.54) is 12.0 Å². The molecular formula is C19H19ClN2O3. The third-order valence-corrected chi connectivity index (χ3v) is 4.69. The second kappa shape index (κ2) is 6.76. The van der Waals surface area contributed by atoms with Crippen LogP contribution in [-0.4, -0.2) is 26.0 Å². The number of benzene rings is 2. The van der Waals surface area contributed by atoms with Crippen molar-refractivity contribution in [3.63, 3.8) is 0 Å². The fraction of sp³-hybridized carbons (Fsp3) is 0.263. The molecule has 0 spiro atoms. The Labute approximate surface area is 151 Å². The van der Waals surface area contributed by atoms with Gasteiger partial charge in [0.1, 0.15) is 11.2 Å². The Kier molecular flexibility index (Phi) is 4.68. The van der Waals surface area contributed by atoms with Crippen molar-refractivity contribution in [1.29, 1.82) is 0 Å². The van der Waals surface area contributed by atoms with Crippen molar-refractivity contribution in [2.24, 2.45) is 5.41 Å². The van der Waals surface area contributed by atoms with Crippen LogP contribution in [0, 0.1) is 5.41 Å². The minimum Gasteiger partial charge on any atom is -0.495 e. The Balaban J connectivity index is 1.80. The van der Waals surface area contributed by atoms with E-state index in [0.717, 1.165) is 5.69 Å². The lowest BCUT2D eigenvalue weighted by atomic mass is 10.0. The summed E-state index contributed by atoms with van der Waals surface area (Å²) in [5.74, 6) is -0.0459. The molecule has 0 aromatic heterocycles. The zero-order valence-corrected chi connectivity index (χ0v) is 14.8. The molecule has 0 heterocycles. The van der Waals surface area contributed by atoms with Gasteiger partial charge < -0.3 is 15.0 Å². The van der Waals surface area contributed by atoms with Crippen LogP contribution in [0.1, 0.15) is 12.8 Å². The molecule has 1 fully saturated rings. The first-order chi connectivity index (χ1) is 12.0. The zero-order chi connectivity index (χ0) is 18.0. The van der Waals surface area contributed by atoms with Crippen molar-refractivity contribution in [3.8, 4) is 5.75 Å². The number of anilines is 2. The van der Waals surface area contributed by atoms with Crippen LogP contribution in [0.5, 0.6) is 5.75 Å². The van der Waals surface area contributed by atoms with E-state index in [-0.39, 0.29) is 11.8 Å². The number of hydrogen-bond donors (Lipinski definition) is 1. The Morgan fingerprint density at radius 1 is 1.16 bits per heavy atom. The Morgan fingerprint density at radius 2 is 1.84 bits per heavy atom. The van der Waals surface area contributed by atoms with Crippen molar-refractivity contribution in [1.82, 2.24) is 0 Å². The van der Waals surface area contributed by atoms with Crippen LogP contribution in [-0.2, 0) is 9.59 Å². The Morgan fingerprint density at radius 3 is 2.44 bits per heavy atom. The molecule has 25 heavy (non-hydrogen) atoms. The molecular weight excluding hydrogens is 340 g/mol. The first-order valence-electron chi connectivity index (χ1n) is 7.96. The smallest absolute Gasteiger partial charge is 0.242 e. The number of amides is 2. The van der Waals surface area contributed by atoms with Crippen LogP contribution in [0.4, 0.5) is 11.4 Å². The quantitative estimate of drug-likeness (QED) is 0.828. The predicted octanol–water partition coefficient (Wildman–Crippen LogP) is 3.73. The van der Waals surface area contributed by atoms with Gasteiger partial charge in [-0.25, -0.2) is 0 Å². The maximum absolute atomic E-state index is 12.9. The summed E-state index contributed by atoms with van der Waals surface area (Å²) in [6.07, 6.45) is 1.05. The summed E-state index contributed by atoms with van der Waals surface area (Å²) in [7, 11) is 3.20. The molecule has 1 aliphatic carbocycles. The van der Waals surface area contributed by atoms with Gasteiger partial charge >= 0.3 is 0 Å². The summed E-state index contributed by atoms with van der Waals surface area (Å²) < 4.78 is 5.24. The summed E-state index contributed by atoms with van der Waals surface area (Å²) in [6.45, 7) is 0. The van der Waals surface area contributed by atoms with E-state index in [4.69, 9.17) is 16.3 Å². The number of nitrogens with one attached hydrogen (secondary N) is 1. The average molecular weight is 359 g/mol. The second-order valence-electron chi connectivity index (χ2n) is 6.08. The van der Waals surface area contributed by atoms with Crippen molar-refractivity contribution < 1.29 is 14.3 Å². The highest BCUT2D eigenvalue weighted by atomic mass is 35.5. The number of methoxy groups -OCH3 is 1. The molecule has 0 bridgehead atoms. The normalized spacial score (nSPS) is 14.5. The van der Waals surface area contributed by atoms with Crippen LogP contribution in [0.2, 0.25) is 5.02 Å². The lowest BCUT2D eigenvalue weighted by Gasteiger charge is -2.23. The number of para-hydroxylation sites is 1. The standard InChI is InChI=1S/C19H19ClN2O3/c1-22(14-6-4-3-5-7-14)18(24)19(10-11-19)17(23)21-15-12-13(20)8-9-16(15)25-2/h3-9,12H,10-11H2,1-2H3,(H,21,23). The van der Waals surface area contributed by atoms with E-state index in [1.807, 2.05) is 30.3 Å². The summed E-state index contributed by atoms with van der Waals surface area (Å²) in [4.78, 5) is 27.2. The van der Waals surface area contributed by atoms with Gasteiger partial charge in [0.15, 0.2) is 0 Å². The summed E-state index contributed by atoms with van der Waals surface area (Å²) >= 11 is 6.00. The van der Waals surface area contributed by atoms with Crippen LogP contribution in [0.3, 0.4) is 0 Å². The van der Waals surface area contributed by atoms with E-state index >= 15 is 0 Å². The third-order valence-electron chi connectivity index (χ3n) is 4.45. The van der Waals surface area contributed by atoms with Gasteiger partial charge in [0.2, 0.25) is 11.8 Å². The minimum atomic E-state index is -1.03. The SMILES string of the molecule is COc1ccc(Cl)cc1NC(=O)C1(C(=O)N(C)c2ccccc2)CC1. The first-order valence-corrected chi connectivity index (χ1v) is 8.34. The maximum Gasteiger partial charge on any atom is 0.242 e. The number of carbonyl (C=O) groups excluding carboxylic acids is 2. The second-order valence-corrected chi connectivity index (χ2v) is 6.52. The van der Waals surface area contributed by atoms with Gasteiger partial charge in [0.25, 0.3) is 0 Å². The van der Waals surface area contributed by atoms with Gasteiger partial charge in [-0.15, -0.1) is 0 Å². The molecule has 130 valence electrons. The van der Waals surface area contributed by atoms with E-state index in [2.05, 4.69) is 5.32 Å². The molecule has 5 nitrogen and oxygen atoms in total. The molecule has 3 rings (SSSR count). The molecule has 0 unspecified atom stereocenters. The molecule has 2 amide bonds. The Bertz CT molecular complexity index is 804. The van der Waals surface area contributed by atoms with E-state index in [0.29, 0.717) is 29.3 Å². The molecule has 1 aliphatic rings. The summed E-state index contributed by atoms with van der Waals surface area (Å²) in [6, 6.07) is 14.2. The molecule has 1 N–H and O–H groups in total. The number of halogens is 1. The third kappa shape index (κ3) is 3.33. The fourth-order valence-corrected chi connectivity index (χ4v) is 2.94. The van der Waals surface area contributed by atoms with E-state index in [9.17, 15) is 9.59 Å². The molecule has 0 saturated heterocycles. The van der Waals surface area contributed by atoms with Crippen LogP contribution >= 0.6 is 11.6 Å². The number of hydrogen-bond acceptors (Lipinski definition) is 3. The zero-order valence-electron chi connectivity index (χ0n) is 14.1. The molecule has 0 aliphatic heterocycles. The minimum absolute atomic E-state index is 0.211. The maximum atomic E-state index is 12.9. The van der Waals surface area contributed by atoms with Crippen molar-refractivity contribution >= 4 is 34.8 Å². The molecule has 1 saturated carbocycles. The van der Waals surface area contributed by atoms with Crippen LogP contribution < -0.4 is 15.0 Å². The van der Waals surface area contributed by atoms with Crippen molar-refractivity contribution in [2.45, 2.75) is 12.8 Å². The lowest BCUT2D eigenvalue weighted by molar-refractivity contribution is -0.132. The van der Waals surface area contributed by atoms with Crippen LogP contribution in [0.25, 0.3) is 0 Å². The van der Waals surface area contributed by atoms with Gasteiger partial charge in [0, 0.05) is 17.8 Å². The average Bonchev–Trinajstić information content (AvgIpc) is 3.43. The van der Waals surface area contributed by atoms with E-state index < -0.39 is 5.41 Å². The number of rotatable bonds is 5. The van der Waals surface area contributed by atoms with Gasteiger partial charge in [-0.1, -0.05) is 29.8 Å². The summed E-state index contributed by atoms with van der Waals surface area (Å²) in [5, 5.41) is 3.28. The highest BCUT2D eigenvalue weighted by Crippen LogP contribution is 2.49. The van der Waals surface area contributed by atoms with Crippen molar-refractivity contribution in [3.05, 3.63) is 53.6 Å². The van der Waals surface area contributed by atoms with Gasteiger partial charge in [0.05, 0.1) is 12.8 Å². The monoisotopic (exact) mass is 358 g/mol. The van der Waals surface area contributed by atoms with Gasteiger partial charge in [-0.2, -0.15) is 0 Å². The topological polar surface area (TPSA) is 58.6 Å². The Hall–Kier alpha value is -2.53. The first kappa shape index (κ1) is 17.3. The highest BCUT2D eigenvalue weighted by molar-refractivity contribution is 6.31. The van der Waals surface area contributed by atoms with Crippen molar-refractivity contribution in [2.75, 3.05) is 24.4 Å². The van der Waals surface area contributed by atoms with E-state index in [1.54, 1.807) is 25.2 Å². The predicted molar refractivity (Wildman–Crippen MR) is 98.2 cm³/mol. The van der Waals surface area contributed by atoms with Gasteiger partial charge in [-0.05, 0) is 43.2 Å². The summed E-state index contributed by atoms with van der Waals surface area (Å²) in [5.41, 5.74) is 0.186. The fourth-order valence-electron chi connectivity index (χ4n) is 2.77. The molecule has 2 aromatic carbocycles. The largest absolute Gasteiger partial charge is 0.495 e. The highest BCUT2D eigenvalue weighted by Gasteiger charge is 2.57. The van der Waals surface area contributed by atoms with Crippen LogP contribution in [0.15, 0.2) is 48.5 Å². The number of carbonyl (C=O) groups is 2. The molecule has 0 radical (unpaired) electrons. The molecule has 2 aromatic rings.